The number of hydrogen-bond donors (Lipinski definition) is 0. The van der Waals surface area contributed by atoms with Gasteiger partial charge in [-0.3, -0.25) is 19.2 Å². The summed E-state index contributed by atoms with van der Waals surface area (Å²) in [6, 6.07) is 0. The lowest BCUT2D eigenvalue weighted by Gasteiger charge is -2.27. The van der Waals surface area contributed by atoms with Gasteiger partial charge in [-0.1, -0.05) is 345 Å². The van der Waals surface area contributed by atoms with E-state index in [-0.39, 0.29) is 49.6 Å². The van der Waals surface area contributed by atoms with Crippen molar-refractivity contribution >= 4 is 110 Å². The number of rotatable bonds is 78. The summed E-state index contributed by atoms with van der Waals surface area (Å²) < 4.78 is 22.7. The Morgan fingerprint density at radius 3 is 0.598 bits per heavy atom. The van der Waals surface area contributed by atoms with E-state index in [0.29, 0.717) is 78.8 Å². The number of ether oxygens (including phenoxy) is 4. The Bertz CT molecular complexity index is 1350. The topological polar surface area (TPSA) is 115 Å². The van der Waals surface area contributed by atoms with Crippen molar-refractivity contribution in [3.05, 3.63) is 0 Å². The highest BCUT2D eigenvalue weighted by Crippen LogP contribution is 2.26. The maximum absolute atomic E-state index is 13.0. The number of nitrogens with zero attached hydrogens (tertiary/aromatic N) is 3. The second-order valence-corrected chi connectivity index (χ2v) is 36.0. The molecule has 0 heterocycles. The lowest BCUT2D eigenvalue weighted by atomic mass is 10.1. The molecule has 0 aliphatic carbocycles. The first-order chi connectivity index (χ1) is 45.2. The predicted molar refractivity (Wildman–Crippen MR) is 420 cm³/mol. The summed E-state index contributed by atoms with van der Waals surface area (Å²) in [6.07, 6.45) is 54.8. The molecule has 0 aliphatic rings. The molecule has 0 aliphatic heterocycles. The number of likely N-dealkylation sites (N-methyl/N-ethyl adjacent to an activating group) is 1. The van der Waals surface area contributed by atoms with Gasteiger partial charge in [-0.05, 0) is 32.7 Å². The zero-order valence-electron chi connectivity index (χ0n) is 60.1. The van der Waals surface area contributed by atoms with E-state index in [0.717, 1.165) is 46.0 Å². The Balaban J connectivity index is 5.19. The number of unbranched alkanes of at least 4 members (excludes halogenated alkanes) is 36. The molecule has 0 aromatic heterocycles. The molecule has 0 spiro atoms. The summed E-state index contributed by atoms with van der Waals surface area (Å²) in [5.74, 6) is 6.82. The maximum Gasteiger partial charge on any atom is 0.307 e. The molecule has 0 unspecified atom stereocenters. The molecule has 19 heteroatoms. The standard InChI is InChI=1S/C73H143N3O8S8/c1-6-10-14-18-22-26-30-34-38-42-62-85-89-66-58-81-70(77)46-50-75(51-47-71(78)82-59-67-90-86-63-43-39-35-31-27-23-19-15-11-7-2)56-54-74(5)55-57-76(52-48-72(79)83-60-68-91-87-64-44-40-36-32-28-24-20-16-12-8-3)53-49-73(80)84-61-69-92-88-65-45-41-37-33-29-25-21-17-13-9-4/h6-69H2,1-5H3. The van der Waals surface area contributed by atoms with Gasteiger partial charge >= 0.3 is 23.9 Å². The Morgan fingerprint density at radius 2 is 0.402 bits per heavy atom. The zero-order valence-corrected chi connectivity index (χ0v) is 66.7. The van der Waals surface area contributed by atoms with Crippen molar-refractivity contribution in [3.8, 4) is 0 Å². The molecule has 92 heavy (non-hydrogen) atoms. The van der Waals surface area contributed by atoms with Crippen LogP contribution in [0.1, 0.15) is 310 Å². The molecule has 0 fully saturated rings. The average molecular weight is 1450 g/mol. The van der Waals surface area contributed by atoms with Gasteiger partial charge in [-0.25, -0.2) is 0 Å². The van der Waals surface area contributed by atoms with E-state index < -0.39 is 0 Å². The molecule has 0 bridgehead atoms. The lowest BCUT2D eigenvalue weighted by molar-refractivity contribution is -0.145. The van der Waals surface area contributed by atoms with Gasteiger partial charge < -0.3 is 33.6 Å². The van der Waals surface area contributed by atoms with E-state index in [2.05, 4.69) is 49.4 Å². The Morgan fingerprint density at radius 1 is 0.228 bits per heavy atom. The second kappa shape index (κ2) is 78.9. The lowest BCUT2D eigenvalue weighted by Crippen LogP contribution is -2.40. The third kappa shape index (κ3) is 74.8. The molecule has 11 nitrogen and oxygen atoms in total. The zero-order chi connectivity index (χ0) is 66.8. The van der Waals surface area contributed by atoms with Crippen molar-refractivity contribution in [2.75, 3.05) is 132 Å². The third-order valence-corrected chi connectivity index (χ3v) is 26.3. The van der Waals surface area contributed by atoms with E-state index in [1.807, 2.05) is 43.2 Å². The molecule has 0 atom stereocenters. The van der Waals surface area contributed by atoms with Crippen molar-refractivity contribution in [1.82, 2.24) is 14.7 Å². The molecular formula is C73H143N3O8S8. The molecule has 0 aromatic rings. The van der Waals surface area contributed by atoms with E-state index in [1.165, 1.54) is 257 Å². The fourth-order valence-electron chi connectivity index (χ4n) is 10.5. The van der Waals surface area contributed by atoms with Gasteiger partial charge in [0.15, 0.2) is 0 Å². The van der Waals surface area contributed by atoms with Crippen LogP contribution in [0.4, 0.5) is 0 Å². The van der Waals surface area contributed by atoms with E-state index in [9.17, 15) is 19.2 Å². The average Bonchev–Trinajstić information content (AvgIpc) is 3.77. The third-order valence-electron chi connectivity index (χ3n) is 16.5. The predicted octanol–water partition coefficient (Wildman–Crippen LogP) is 22.5. The van der Waals surface area contributed by atoms with Crippen LogP contribution in [0, 0.1) is 0 Å². The summed E-state index contributed by atoms with van der Waals surface area (Å²) >= 11 is 0. The van der Waals surface area contributed by atoms with E-state index >= 15 is 0 Å². The monoisotopic (exact) mass is 1450 g/mol. The fraction of sp³-hybridized carbons (Fsp3) is 0.945. The van der Waals surface area contributed by atoms with Crippen LogP contribution in [0.3, 0.4) is 0 Å². The summed E-state index contributed by atoms with van der Waals surface area (Å²) in [6.45, 7) is 15.4. The summed E-state index contributed by atoms with van der Waals surface area (Å²) in [5, 5.41) is 0. The summed E-state index contributed by atoms with van der Waals surface area (Å²) in [5.41, 5.74) is 0. The minimum Gasteiger partial charge on any atom is -0.465 e. The minimum atomic E-state index is -0.208. The molecule has 0 rings (SSSR count). The maximum atomic E-state index is 13.0. The molecule has 0 aromatic carbocycles. The SMILES string of the molecule is CCCCCCCCCCCCSSCCOC(=O)CCN(CCC(=O)OCCSSCCCCCCCCCCCC)CCN(C)CCN(CCC(=O)OCCSSCCCCCCCCCCCC)CCC(=O)OCCSSCCCCCCCCCCCC. The van der Waals surface area contributed by atoms with Gasteiger partial charge in [0, 0.05) is 98.4 Å². The Labute approximate surface area is 600 Å². The van der Waals surface area contributed by atoms with Gasteiger partial charge in [0.1, 0.15) is 26.4 Å². The molecule has 0 saturated heterocycles. The van der Waals surface area contributed by atoms with Gasteiger partial charge in [0.05, 0.1) is 25.7 Å². The summed E-state index contributed by atoms with van der Waals surface area (Å²) in [4.78, 5) is 58.8. The van der Waals surface area contributed by atoms with Crippen LogP contribution in [-0.2, 0) is 38.1 Å². The molecule has 0 N–H and O–H groups in total. The first-order valence-corrected chi connectivity index (χ1v) is 47.9. The van der Waals surface area contributed by atoms with Crippen molar-refractivity contribution in [2.45, 2.75) is 310 Å². The van der Waals surface area contributed by atoms with Crippen LogP contribution in [0.2, 0.25) is 0 Å². The van der Waals surface area contributed by atoms with Crippen LogP contribution in [0.25, 0.3) is 0 Å². The van der Waals surface area contributed by atoms with Crippen molar-refractivity contribution < 1.29 is 38.1 Å². The van der Waals surface area contributed by atoms with Crippen LogP contribution >= 0.6 is 86.4 Å². The van der Waals surface area contributed by atoms with Crippen molar-refractivity contribution in [1.29, 1.82) is 0 Å². The molecule has 546 valence electrons. The number of carbonyl (C=O) groups is 4. The normalized spacial score (nSPS) is 11.7. The molecule has 0 radical (unpaired) electrons. The van der Waals surface area contributed by atoms with Crippen molar-refractivity contribution in [2.24, 2.45) is 0 Å². The number of esters is 4. The second-order valence-electron chi connectivity index (χ2n) is 25.2. The van der Waals surface area contributed by atoms with Gasteiger partial charge in [-0.2, -0.15) is 0 Å². The van der Waals surface area contributed by atoms with Crippen LogP contribution in [0.5, 0.6) is 0 Å². The number of hydrogen-bond acceptors (Lipinski definition) is 19. The van der Waals surface area contributed by atoms with Crippen molar-refractivity contribution in [3.63, 3.8) is 0 Å². The summed E-state index contributed by atoms with van der Waals surface area (Å²) in [7, 11) is 16.8. The van der Waals surface area contributed by atoms with Gasteiger partial charge in [0.25, 0.3) is 0 Å². The smallest absolute Gasteiger partial charge is 0.307 e. The Kier molecular flexibility index (Phi) is 79.4. The first kappa shape index (κ1) is 92.6. The van der Waals surface area contributed by atoms with Crippen LogP contribution < -0.4 is 0 Å². The first-order valence-electron chi connectivity index (χ1n) is 38.0. The fourth-order valence-corrected chi connectivity index (χ4v) is 18.4. The van der Waals surface area contributed by atoms with Gasteiger partial charge in [-0.15, -0.1) is 0 Å². The van der Waals surface area contributed by atoms with E-state index in [1.54, 1.807) is 43.2 Å². The highest BCUT2D eigenvalue weighted by atomic mass is 33.1. The molecule has 0 saturated carbocycles. The van der Waals surface area contributed by atoms with Gasteiger partial charge in [0.2, 0.25) is 0 Å². The largest absolute Gasteiger partial charge is 0.465 e. The molecule has 0 amide bonds. The Hall–Kier alpha value is 0.560. The van der Waals surface area contributed by atoms with Crippen LogP contribution in [-0.4, -0.2) is 170 Å². The van der Waals surface area contributed by atoms with E-state index in [4.69, 9.17) is 18.9 Å². The number of carbonyl (C=O) groups excluding carboxylic acids is 4. The molecular weight excluding hydrogens is 1300 g/mol. The highest BCUT2D eigenvalue weighted by molar-refractivity contribution is 8.77. The highest BCUT2D eigenvalue weighted by Gasteiger charge is 2.17. The minimum absolute atomic E-state index is 0.208. The van der Waals surface area contributed by atoms with Crippen LogP contribution in [0.15, 0.2) is 0 Å². The quantitative estimate of drug-likeness (QED) is 0.0249.